The number of ketones is 1. The van der Waals surface area contributed by atoms with Crippen LogP contribution in [0.3, 0.4) is 0 Å². The van der Waals surface area contributed by atoms with E-state index in [-0.39, 0.29) is 17.9 Å². The molecule has 0 aromatic carbocycles. The van der Waals surface area contributed by atoms with E-state index in [4.69, 9.17) is 4.74 Å². The zero-order valence-corrected chi connectivity index (χ0v) is 15.9. The summed E-state index contributed by atoms with van der Waals surface area (Å²) in [6.45, 7) is 5.33. The van der Waals surface area contributed by atoms with Crippen LogP contribution in [0.15, 0.2) is 24.3 Å². The number of esters is 1. The van der Waals surface area contributed by atoms with Crippen LogP contribution in [0.4, 0.5) is 0 Å². The van der Waals surface area contributed by atoms with Crippen molar-refractivity contribution >= 4 is 11.8 Å². The van der Waals surface area contributed by atoms with Crippen LogP contribution in [-0.2, 0) is 14.3 Å². The summed E-state index contributed by atoms with van der Waals surface area (Å²) >= 11 is 0. The Kier molecular flexibility index (Phi) is 15.5. The number of rotatable bonds is 15. The molecule has 0 amide bonds. The Balaban J connectivity index is 3.80. The number of carbonyl (C=O) groups is 2. The minimum Gasteiger partial charge on any atom is -0.463 e. The lowest BCUT2D eigenvalue weighted by atomic mass is 10.0. The molecule has 0 bridgehead atoms. The molecule has 0 aliphatic heterocycles. The summed E-state index contributed by atoms with van der Waals surface area (Å²) < 4.78 is 5.42. The van der Waals surface area contributed by atoms with Gasteiger partial charge in [-0.15, -0.1) is 0 Å². The second-order valence-electron chi connectivity index (χ2n) is 6.46. The highest BCUT2D eigenvalue weighted by molar-refractivity contribution is 5.75. The quantitative estimate of drug-likeness (QED) is 0.211. The van der Waals surface area contributed by atoms with Crippen LogP contribution in [0.2, 0.25) is 0 Å². The van der Waals surface area contributed by atoms with Crippen molar-refractivity contribution in [1.82, 2.24) is 0 Å². The molecule has 0 aliphatic rings. The van der Waals surface area contributed by atoms with E-state index in [2.05, 4.69) is 31.2 Å². The Morgan fingerprint density at radius 2 is 1.50 bits per heavy atom. The molecule has 0 aromatic heterocycles. The fourth-order valence-corrected chi connectivity index (χ4v) is 2.58. The van der Waals surface area contributed by atoms with Crippen molar-refractivity contribution in [2.75, 3.05) is 0 Å². The van der Waals surface area contributed by atoms with E-state index in [1.165, 1.54) is 26.2 Å². The summed E-state index contributed by atoms with van der Waals surface area (Å²) in [6.07, 6.45) is 19.8. The molecular weight excluding hydrogens is 300 g/mol. The van der Waals surface area contributed by atoms with Gasteiger partial charge in [0.15, 0.2) is 0 Å². The average molecular weight is 337 g/mol. The molecule has 3 nitrogen and oxygen atoms in total. The molecule has 0 rings (SSSR count). The first kappa shape index (κ1) is 22.6. The van der Waals surface area contributed by atoms with Gasteiger partial charge in [-0.3, -0.25) is 4.79 Å². The molecular formula is C21H36O3. The molecule has 0 aliphatic carbocycles. The Labute approximate surface area is 148 Å². The van der Waals surface area contributed by atoms with Gasteiger partial charge in [0.25, 0.3) is 0 Å². The van der Waals surface area contributed by atoms with Crippen molar-refractivity contribution in [3.05, 3.63) is 24.3 Å². The summed E-state index contributed by atoms with van der Waals surface area (Å²) in [5, 5.41) is 0. The van der Waals surface area contributed by atoms with Crippen molar-refractivity contribution in [2.45, 2.75) is 97.5 Å². The predicted molar refractivity (Wildman–Crippen MR) is 101 cm³/mol. The van der Waals surface area contributed by atoms with Gasteiger partial charge in [-0.1, -0.05) is 50.5 Å². The van der Waals surface area contributed by atoms with Crippen molar-refractivity contribution in [3.8, 4) is 0 Å². The van der Waals surface area contributed by atoms with Crippen LogP contribution in [0, 0.1) is 0 Å². The molecule has 1 atom stereocenters. The first-order valence-corrected chi connectivity index (χ1v) is 9.54. The van der Waals surface area contributed by atoms with Crippen LogP contribution in [0.5, 0.6) is 0 Å². The molecule has 0 saturated heterocycles. The molecule has 0 heterocycles. The normalized spacial score (nSPS) is 12.8. The first-order chi connectivity index (χ1) is 11.6. The predicted octanol–water partition coefficient (Wildman–Crippen LogP) is 5.93. The lowest BCUT2D eigenvalue weighted by Gasteiger charge is -2.16. The first-order valence-electron chi connectivity index (χ1n) is 9.54. The zero-order chi connectivity index (χ0) is 18.0. The molecule has 0 fully saturated rings. The monoisotopic (exact) mass is 336 g/mol. The second-order valence-corrected chi connectivity index (χ2v) is 6.46. The standard InChI is InChI=1S/C21H36O3/c1-4-5-6-14-17-21(24-20(3)23)18-15-12-10-8-7-9-11-13-16-19(2)22/h7-10,21H,4-6,11-18H2,1-3H3. The number of Topliss-reactive ketones (excluding diaryl/α,β-unsaturated/α-hetero) is 1. The highest BCUT2D eigenvalue weighted by Gasteiger charge is 2.10. The van der Waals surface area contributed by atoms with E-state index in [0.717, 1.165) is 44.9 Å². The van der Waals surface area contributed by atoms with Crippen molar-refractivity contribution < 1.29 is 14.3 Å². The molecule has 0 spiro atoms. The van der Waals surface area contributed by atoms with Crippen LogP contribution in [0.25, 0.3) is 0 Å². The highest BCUT2D eigenvalue weighted by Crippen LogP contribution is 2.14. The van der Waals surface area contributed by atoms with Crippen molar-refractivity contribution in [1.29, 1.82) is 0 Å². The maximum atomic E-state index is 11.2. The summed E-state index contributed by atoms with van der Waals surface area (Å²) in [5.74, 6) is 0.0931. The van der Waals surface area contributed by atoms with Gasteiger partial charge in [0.2, 0.25) is 0 Å². The number of carbonyl (C=O) groups excluding carboxylic acids is 2. The third-order valence-corrected chi connectivity index (χ3v) is 3.89. The van der Waals surface area contributed by atoms with Crippen LogP contribution in [0.1, 0.15) is 91.4 Å². The summed E-state index contributed by atoms with van der Waals surface area (Å²) in [6, 6.07) is 0. The average Bonchev–Trinajstić information content (AvgIpc) is 2.52. The van der Waals surface area contributed by atoms with Gasteiger partial charge in [-0.05, 0) is 51.9 Å². The number of ether oxygens (including phenoxy) is 1. The third kappa shape index (κ3) is 17.0. The fraction of sp³-hybridized carbons (Fsp3) is 0.714. The van der Waals surface area contributed by atoms with E-state index < -0.39 is 0 Å². The highest BCUT2D eigenvalue weighted by atomic mass is 16.5. The molecule has 1 unspecified atom stereocenters. The Bertz CT molecular complexity index is 383. The minimum atomic E-state index is -0.167. The molecule has 3 heteroatoms. The van der Waals surface area contributed by atoms with Gasteiger partial charge >= 0.3 is 5.97 Å². The maximum Gasteiger partial charge on any atom is 0.302 e. The van der Waals surface area contributed by atoms with Gasteiger partial charge in [-0.25, -0.2) is 0 Å². The van der Waals surface area contributed by atoms with Crippen LogP contribution < -0.4 is 0 Å². The fourth-order valence-electron chi connectivity index (χ4n) is 2.58. The van der Waals surface area contributed by atoms with Crippen molar-refractivity contribution in [2.24, 2.45) is 0 Å². The van der Waals surface area contributed by atoms with E-state index in [1.807, 2.05) is 0 Å². The van der Waals surface area contributed by atoms with E-state index in [0.29, 0.717) is 6.42 Å². The van der Waals surface area contributed by atoms with Gasteiger partial charge in [0.05, 0.1) is 0 Å². The summed E-state index contributed by atoms with van der Waals surface area (Å²) in [5.41, 5.74) is 0. The van der Waals surface area contributed by atoms with Gasteiger partial charge < -0.3 is 9.53 Å². The smallest absolute Gasteiger partial charge is 0.302 e. The van der Waals surface area contributed by atoms with Gasteiger partial charge in [-0.2, -0.15) is 0 Å². The van der Waals surface area contributed by atoms with Crippen molar-refractivity contribution in [3.63, 3.8) is 0 Å². The maximum absolute atomic E-state index is 11.2. The van der Waals surface area contributed by atoms with Crippen LogP contribution in [-0.4, -0.2) is 17.9 Å². The summed E-state index contributed by atoms with van der Waals surface area (Å²) in [7, 11) is 0. The zero-order valence-electron chi connectivity index (χ0n) is 15.9. The molecule has 0 aromatic rings. The molecule has 0 saturated carbocycles. The Morgan fingerprint density at radius 3 is 2.08 bits per heavy atom. The Hall–Kier alpha value is -1.38. The number of hydrogen-bond acceptors (Lipinski definition) is 3. The topological polar surface area (TPSA) is 43.4 Å². The number of allylic oxidation sites excluding steroid dienone is 4. The summed E-state index contributed by atoms with van der Waals surface area (Å²) in [4.78, 5) is 22.0. The lowest BCUT2D eigenvalue weighted by molar-refractivity contribution is -0.147. The van der Waals surface area contributed by atoms with E-state index in [1.54, 1.807) is 6.92 Å². The van der Waals surface area contributed by atoms with E-state index in [9.17, 15) is 9.59 Å². The SMILES string of the molecule is CCCCCCC(CCCC=CC=CCCCC(C)=O)OC(C)=O. The number of unbranched alkanes of at least 4 members (excludes halogenated alkanes) is 5. The van der Waals surface area contributed by atoms with Gasteiger partial charge in [0, 0.05) is 13.3 Å². The van der Waals surface area contributed by atoms with Gasteiger partial charge in [0.1, 0.15) is 11.9 Å². The minimum absolute atomic E-state index is 0.0786. The number of hydrogen-bond donors (Lipinski definition) is 0. The third-order valence-electron chi connectivity index (χ3n) is 3.89. The molecule has 0 radical (unpaired) electrons. The molecule has 0 N–H and O–H groups in total. The second kappa shape index (κ2) is 16.5. The largest absolute Gasteiger partial charge is 0.463 e. The lowest BCUT2D eigenvalue weighted by Crippen LogP contribution is -2.16. The molecule has 138 valence electrons. The molecule has 24 heavy (non-hydrogen) atoms. The Morgan fingerprint density at radius 1 is 0.875 bits per heavy atom. The van der Waals surface area contributed by atoms with E-state index >= 15 is 0 Å². The van der Waals surface area contributed by atoms with Crippen LogP contribution >= 0.6 is 0 Å².